The Balaban J connectivity index is 1.86. The van der Waals surface area contributed by atoms with Gasteiger partial charge in [-0.3, -0.25) is 4.72 Å². The van der Waals surface area contributed by atoms with Crippen molar-refractivity contribution in [3.8, 4) is 11.3 Å². The number of nitrogen functional groups attached to an aromatic ring is 1. The molecular weight excluding hydrogens is 310 g/mol. The summed E-state index contributed by atoms with van der Waals surface area (Å²) < 4.78 is 26.5. The molecule has 4 N–H and O–H groups in total. The third-order valence-electron chi connectivity index (χ3n) is 2.67. The zero-order valence-corrected chi connectivity index (χ0v) is 12.3. The molecule has 0 unspecified atom stereocenters. The molecule has 7 nitrogen and oxygen atoms in total. The van der Waals surface area contributed by atoms with Crippen LogP contribution in [0, 0.1) is 0 Å². The van der Waals surface area contributed by atoms with Crippen LogP contribution in [0.4, 0.5) is 10.8 Å². The van der Waals surface area contributed by atoms with Gasteiger partial charge in [-0.1, -0.05) is 12.1 Å². The highest BCUT2D eigenvalue weighted by Crippen LogP contribution is 2.27. The number of nitrogens with one attached hydrogen (secondary N) is 2. The zero-order valence-electron chi connectivity index (χ0n) is 10.6. The molecule has 3 aromatic rings. The van der Waals surface area contributed by atoms with Gasteiger partial charge in [-0.25, -0.2) is 9.97 Å². The number of nitrogens with two attached hydrogens (primary N) is 1. The number of aromatic nitrogens is 3. The summed E-state index contributed by atoms with van der Waals surface area (Å²) in [5.74, 6) is 0. The average molecular weight is 321 g/mol. The molecule has 0 saturated carbocycles. The molecule has 0 spiro atoms. The predicted octanol–water partition coefficient (Wildman–Crippen LogP) is 1.92. The summed E-state index contributed by atoms with van der Waals surface area (Å²) in [6.45, 7) is 0. The van der Waals surface area contributed by atoms with E-state index in [-0.39, 0.29) is 10.2 Å². The number of anilines is 2. The molecule has 2 heterocycles. The van der Waals surface area contributed by atoms with E-state index in [0.717, 1.165) is 5.56 Å². The molecule has 3 rings (SSSR count). The third-order valence-corrected chi connectivity index (χ3v) is 4.82. The lowest BCUT2D eigenvalue weighted by Crippen LogP contribution is -2.13. The van der Waals surface area contributed by atoms with Crippen LogP contribution in [0.5, 0.6) is 0 Å². The van der Waals surface area contributed by atoms with E-state index in [2.05, 4.69) is 19.7 Å². The first-order valence-corrected chi connectivity index (χ1v) is 8.23. The number of thiazole rings is 1. The van der Waals surface area contributed by atoms with Crippen molar-refractivity contribution >= 4 is 32.2 Å². The lowest BCUT2D eigenvalue weighted by Gasteiger charge is -2.01. The number of hydrogen-bond acceptors (Lipinski definition) is 6. The number of nitrogens with zero attached hydrogens (tertiary/aromatic N) is 2. The van der Waals surface area contributed by atoms with Crippen molar-refractivity contribution in [2.45, 2.75) is 5.03 Å². The maximum atomic E-state index is 12.0. The van der Waals surface area contributed by atoms with Gasteiger partial charge in [0.05, 0.1) is 18.2 Å². The van der Waals surface area contributed by atoms with Crippen LogP contribution in [0.2, 0.25) is 0 Å². The van der Waals surface area contributed by atoms with Gasteiger partial charge in [-0.2, -0.15) is 8.42 Å². The second kappa shape index (κ2) is 5.19. The fraction of sp³-hybridized carbons (Fsp3) is 0. The number of hydrogen-bond donors (Lipinski definition) is 3. The molecule has 2 aromatic heterocycles. The fourth-order valence-electron chi connectivity index (χ4n) is 1.71. The molecule has 0 bridgehead atoms. The molecule has 0 fully saturated rings. The van der Waals surface area contributed by atoms with Crippen molar-refractivity contribution in [3.63, 3.8) is 0 Å². The standard InChI is InChI=1S/C12H11N5O2S2/c13-9-3-1-2-8(4-9)10-6-20-12(16-10)17-21(18,19)11-5-14-7-15-11/h1-7H,13H2,(H,14,15)(H,16,17). The summed E-state index contributed by atoms with van der Waals surface area (Å²) in [6.07, 6.45) is 2.53. The van der Waals surface area contributed by atoms with Crippen LogP contribution in [0.15, 0.2) is 47.2 Å². The van der Waals surface area contributed by atoms with Crippen molar-refractivity contribution in [2.75, 3.05) is 10.5 Å². The van der Waals surface area contributed by atoms with E-state index in [1.807, 2.05) is 12.1 Å². The Labute approximate surface area is 124 Å². The number of aromatic amines is 1. The van der Waals surface area contributed by atoms with Crippen LogP contribution < -0.4 is 10.5 Å². The largest absolute Gasteiger partial charge is 0.399 e. The average Bonchev–Trinajstić information content (AvgIpc) is 3.09. The highest BCUT2D eigenvalue weighted by atomic mass is 32.2. The van der Waals surface area contributed by atoms with Gasteiger partial charge in [0.25, 0.3) is 10.0 Å². The summed E-state index contributed by atoms with van der Waals surface area (Å²) in [7, 11) is -3.69. The van der Waals surface area contributed by atoms with Crippen LogP contribution in [-0.2, 0) is 10.0 Å². The number of sulfonamides is 1. The van der Waals surface area contributed by atoms with E-state index in [1.165, 1.54) is 23.9 Å². The number of H-pyrrole nitrogens is 1. The van der Waals surface area contributed by atoms with Crippen molar-refractivity contribution < 1.29 is 8.42 Å². The first-order valence-electron chi connectivity index (χ1n) is 5.87. The molecule has 1 aromatic carbocycles. The number of rotatable bonds is 4. The fourth-order valence-corrected chi connectivity index (χ4v) is 3.59. The maximum Gasteiger partial charge on any atom is 0.280 e. The molecule has 9 heteroatoms. The maximum absolute atomic E-state index is 12.0. The smallest absolute Gasteiger partial charge is 0.280 e. The molecule has 108 valence electrons. The Kier molecular flexibility index (Phi) is 3.35. The van der Waals surface area contributed by atoms with Crippen LogP contribution in [-0.4, -0.2) is 23.4 Å². The lowest BCUT2D eigenvalue weighted by molar-refractivity contribution is 0.598. The predicted molar refractivity (Wildman–Crippen MR) is 81.4 cm³/mol. The van der Waals surface area contributed by atoms with E-state index < -0.39 is 10.0 Å². The summed E-state index contributed by atoms with van der Waals surface area (Å²) >= 11 is 1.20. The van der Waals surface area contributed by atoms with Crippen LogP contribution in [0.1, 0.15) is 0 Å². The molecule has 0 aliphatic rings. The van der Waals surface area contributed by atoms with Gasteiger partial charge < -0.3 is 10.7 Å². The van der Waals surface area contributed by atoms with Crippen molar-refractivity contribution in [2.24, 2.45) is 0 Å². The van der Waals surface area contributed by atoms with Crippen molar-refractivity contribution in [3.05, 3.63) is 42.2 Å². The van der Waals surface area contributed by atoms with Crippen LogP contribution in [0.25, 0.3) is 11.3 Å². The molecule has 0 aliphatic heterocycles. The Hall–Kier alpha value is -2.39. The van der Waals surface area contributed by atoms with Crippen molar-refractivity contribution in [1.82, 2.24) is 15.0 Å². The molecule has 0 radical (unpaired) electrons. The minimum absolute atomic E-state index is 0.0109. The summed E-state index contributed by atoms with van der Waals surface area (Å²) in [5.41, 5.74) is 7.84. The third kappa shape index (κ3) is 2.88. The van der Waals surface area contributed by atoms with E-state index >= 15 is 0 Å². The minimum atomic E-state index is -3.69. The van der Waals surface area contributed by atoms with Crippen molar-refractivity contribution in [1.29, 1.82) is 0 Å². The van der Waals surface area contributed by atoms with E-state index in [0.29, 0.717) is 11.4 Å². The molecule has 0 atom stereocenters. The van der Waals surface area contributed by atoms with Gasteiger partial charge in [0, 0.05) is 16.6 Å². The Bertz CT molecular complexity index is 855. The molecular formula is C12H11N5O2S2. The zero-order chi connectivity index (χ0) is 14.9. The van der Waals surface area contributed by atoms with Gasteiger partial charge >= 0.3 is 0 Å². The first kappa shape index (κ1) is 13.6. The Morgan fingerprint density at radius 2 is 2.19 bits per heavy atom. The molecule has 21 heavy (non-hydrogen) atoms. The summed E-state index contributed by atoms with van der Waals surface area (Å²) in [6, 6.07) is 7.23. The monoisotopic (exact) mass is 321 g/mol. The van der Waals surface area contributed by atoms with Gasteiger partial charge in [-0.15, -0.1) is 11.3 Å². The first-order chi connectivity index (χ1) is 10.0. The molecule has 0 amide bonds. The molecule has 0 aliphatic carbocycles. The lowest BCUT2D eigenvalue weighted by atomic mass is 10.1. The topological polar surface area (TPSA) is 114 Å². The van der Waals surface area contributed by atoms with Gasteiger partial charge in [0.2, 0.25) is 0 Å². The highest BCUT2D eigenvalue weighted by molar-refractivity contribution is 7.92. The second-order valence-corrected chi connectivity index (χ2v) is 6.69. The minimum Gasteiger partial charge on any atom is -0.399 e. The quantitative estimate of drug-likeness (QED) is 0.635. The summed E-state index contributed by atoms with van der Waals surface area (Å²) in [5, 5.41) is 2.03. The SMILES string of the molecule is Nc1cccc(-c2csc(NS(=O)(=O)c3cnc[nH]3)n2)c1. The van der Waals surface area contributed by atoms with Gasteiger partial charge in [0.15, 0.2) is 10.2 Å². The van der Waals surface area contributed by atoms with E-state index in [4.69, 9.17) is 5.73 Å². The van der Waals surface area contributed by atoms with Gasteiger partial charge in [-0.05, 0) is 12.1 Å². The molecule has 0 saturated heterocycles. The van der Waals surface area contributed by atoms with Crippen LogP contribution in [0.3, 0.4) is 0 Å². The second-order valence-electron chi connectivity index (χ2n) is 4.18. The Morgan fingerprint density at radius 3 is 2.90 bits per heavy atom. The van der Waals surface area contributed by atoms with Gasteiger partial charge in [0.1, 0.15) is 0 Å². The summed E-state index contributed by atoms with van der Waals surface area (Å²) in [4.78, 5) is 10.5. The highest BCUT2D eigenvalue weighted by Gasteiger charge is 2.17. The Morgan fingerprint density at radius 1 is 1.33 bits per heavy atom. The number of benzene rings is 1. The normalized spacial score (nSPS) is 11.4. The number of imidazole rings is 1. The van der Waals surface area contributed by atoms with E-state index in [9.17, 15) is 8.42 Å². The van der Waals surface area contributed by atoms with Crippen LogP contribution >= 0.6 is 11.3 Å². The van der Waals surface area contributed by atoms with E-state index in [1.54, 1.807) is 17.5 Å².